The molecule has 6 heteroatoms. The van der Waals surface area contributed by atoms with Gasteiger partial charge in [0.1, 0.15) is 5.82 Å². The van der Waals surface area contributed by atoms with Gasteiger partial charge in [0.2, 0.25) is 5.91 Å². The Hall–Kier alpha value is -1.95. The van der Waals surface area contributed by atoms with E-state index in [4.69, 9.17) is 4.74 Å². The van der Waals surface area contributed by atoms with Gasteiger partial charge in [-0.25, -0.2) is 4.39 Å². The second kappa shape index (κ2) is 8.62. The molecule has 0 bridgehead atoms. The summed E-state index contributed by atoms with van der Waals surface area (Å²) in [5.41, 5.74) is 1.07. The first-order valence-electron chi connectivity index (χ1n) is 9.52. The Labute approximate surface area is 154 Å². The number of hydrogen-bond acceptors (Lipinski definition) is 4. The molecule has 2 aliphatic heterocycles. The molecule has 2 saturated heterocycles. The second-order valence-corrected chi connectivity index (χ2v) is 7.09. The first-order chi connectivity index (χ1) is 12.6. The second-order valence-electron chi connectivity index (χ2n) is 7.09. The van der Waals surface area contributed by atoms with Crippen molar-refractivity contribution in [2.24, 2.45) is 5.92 Å². The lowest BCUT2D eigenvalue weighted by molar-refractivity contribution is -0.151. The summed E-state index contributed by atoms with van der Waals surface area (Å²) in [6, 6.07) is 6.76. The fourth-order valence-corrected chi connectivity index (χ4v) is 3.98. The summed E-state index contributed by atoms with van der Waals surface area (Å²) < 4.78 is 18.2. The zero-order valence-electron chi connectivity index (χ0n) is 15.3. The summed E-state index contributed by atoms with van der Waals surface area (Å²) in [5, 5.41) is 0. The average Bonchev–Trinajstić information content (AvgIpc) is 3.11. The minimum atomic E-state index is -0.237. The number of esters is 1. The molecule has 0 saturated carbocycles. The van der Waals surface area contributed by atoms with Crippen LogP contribution in [0.3, 0.4) is 0 Å². The van der Waals surface area contributed by atoms with E-state index in [1.807, 2.05) is 24.0 Å². The Bertz CT molecular complexity index is 626. The van der Waals surface area contributed by atoms with Crippen LogP contribution in [0.25, 0.3) is 0 Å². The third-order valence-corrected chi connectivity index (χ3v) is 5.42. The molecule has 1 amide bonds. The molecule has 0 unspecified atom stereocenters. The van der Waals surface area contributed by atoms with E-state index in [0.29, 0.717) is 39.1 Å². The highest BCUT2D eigenvalue weighted by atomic mass is 19.1. The van der Waals surface area contributed by atoms with Crippen LogP contribution in [-0.2, 0) is 14.3 Å². The fraction of sp³-hybridized carbons (Fsp3) is 0.600. The minimum Gasteiger partial charge on any atom is -0.466 e. The van der Waals surface area contributed by atoms with Crippen LogP contribution in [0.1, 0.15) is 44.2 Å². The van der Waals surface area contributed by atoms with E-state index in [0.717, 1.165) is 24.9 Å². The number of amides is 1. The van der Waals surface area contributed by atoms with Gasteiger partial charge in [-0.15, -0.1) is 0 Å². The van der Waals surface area contributed by atoms with Gasteiger partial charge in [0.15, 0.2) is 0 Å². The van der Waals surface area contributed by atoms with Crippen LogP contribution in [0.4, 0.5) is 4.39 Å². The Balaban J connectivity index is 1.53. The SMILES string of the molecule is CCOC(=O)C1CCN(C(=O)CN2CCC[C@@H]2c2ccc(F)cc2)CC1. The topological polar surface area (TPSA) is 49.9 Å². The smallest absolute Gasteiger partial charge is 0.309 e. The first kappa shape index (κ1) is 18.8. The van der Waals surface area contributed by atoms with E-state index in [-0.39, 0.29) is 29.7 Å². The highest BCUT2D eigenvalue weighted by Gasteiger charge is 2.32. The fourth-order valence-electron chi connectivity index (χ4n) is 3.98. The molecule has 0 aliphatic carbocycles. The quantitative estimate of drug-likeness (QED) is 0.756. The summed E-state index contributed by atoms with van der Waals surface area (Å²) in [6.07, 6.45) is 3.38. The molecular weight excluding hydrogens is 335 g/mol. The molecule has 2 heterocycles. The van der Waals surface area contributed by atoms with Gasteiger partial charge in [-0.1, -0.05) is 12.1 Å². The van der Waals surface area contributed by atoms with Crippen molar-refractivity contribution in [3.8, 4) is 0 Å². The Morgan fingerprint density at radius 1 is 1.12 bits per heavy atom. The number of benzene rings is 1. The lowest BCUT2D eigenvalue weighted by Crippen LogP contribution is -2.45. The van der Waals surface area contributed by atoms with Crippen molar-refractivity contribution in [3.05, 3.63) is 35.6 Å². The summed E-state index contributed by atoms with van der Waals surface area (Å²) in [4.78, 5) is 28.6. The third-order valence-electron chi connectivity index (χ3n) is 5.42. The van der Waals surface area contributed by atoms with Crippen LogP contribution in [0, 0.1) is 11.7 Å². The van der Waals surface area contributed by atoms with Crippen LogP contribution in [0.15, 0.2) is 24.3 Å². The molecular formula is C20H27FN2O3. The maximum Gasteiger partial charge on any atom is 0.309 e. The van der Waals surface area contributed by atoms with Gasteiger partial charge in [0.25, 0.3) is 0 Å². The first-order valence-corrected chi connectivity index (χ1v) is 9.52. The number of piperidine rings is 1. The average molecular weight is 362 g/mol. The van der Waals surface area contributed by atoms with Crippen LogP contribution in [0.5, 0.6) is 0 Å². The summed E-state index contributed by atoms with van der Waals surface area (Å²) in [6.45, 7) is 4.69. The minimum absolute atomic E-state index is 0.0854. The monoisotopic (exact) mass is 362 g/mol. The predicted octanol–water partition coefficient (Wildman–Crippen LogP) is 2.76. The number of halogens is 1. The number of ether oxygens (including phenoxy) is 1. The number of rotatable bonds is 5. The molecule has 1 aromatic rings. The Kier molecular flexibility index (Phi) is 6.25. The standard InChI is InChI=1S/C20H27FN2O3/c1-2-26-20(25)16-9-12-22(13-10-16)19(24)14-23-11-3-4-18(23)15-5-7-17(21)8-6-15/h5-8,16,18H,2-4,9-14H2,1H3/t18-/m1/s1. The van der Waals surface area contributed by atoms with Crippen LogP contribution < -0.4 is 0 Å². The molecule has 5 nitrogen and oxygen atoms in total. The van der Waals surface area contributed by atoms with Crippen molar-refractivity contribution in [3.63, 3.8) is 0 Å². The molecule has 0 spiro atoms. The molecule has 26 heavy (non-hydrogen) atoms. The van der Waals surface area contributed by atoms with Gasteiger partial charge in [0.05, 0.1) is 19.1 Å². The molecule has 3 rings (SSSR count). The van der Waals surface area contributed by atoms with Crippen molar-refractivity contribution >= 4 is 11.9 Å². The van der Waals surface area contributed by atoms with Gasteiger partial charge in [-0.2, -0.15) is 0 Å². The predicted molar refractivity (Wildman–Crippen MR) is 95.9 cm³/mol. The highest BCUT2D eigenvalue weighted by molar-refractivity contribution is 5.79. The molecule has 142 valence electrons. The zero-order valence-corrected chi connectivity index (χ0v) is 15.3. The van der Waals surface area contributed by atoms with Gasteiger partial charge < -0.3 is 9.64 Å². The summed E-state index contributed by atoms with van der Waals surface area (Å²) >= 11 is 0. The number of carbonyl (C=O) groups is 2. The lowest BCUT2D eigenvalue weighted by Gasteiger charge is -2.33. The van der Waals surface area contributed by atoms with E-state index in [9.17, 15) is 14.0 Å². The van der Waals surface area contributed by atoms with Gasteiger partial charge >= 0.3 is 5.97 Å². The molecule has 1 atom stereocenters. The van der Waals surface area contributed by atoms with E-state index in [1.165, 1.54) is 12.1 Å². The molecule has 0 aromatic heterocycles. The summed E-state index contributed by atoms with van der Waals surface area (Å²) in [5.74, 6) is -0.353. The zero-order chi connectivity index (χ0) is 18.5. The van der Waals surface area contributed by atoms with Crippen molar-refractivity contribution in [2.75, 3.05) is 32.8 Å². The molecule has 2 aliphatic rings. The van der Waals surface area contributed by atoms with Gasteiger partial charge in [-0.3, -0.25) is 14.5 Å². The van der Waals surface area contributed by atoms with Gasteiger partial charge in [0, 0.05) is 19.1 Å². The van der Waals surface area contributed by atoms with E-state index < -0.39 is 0 Å². The largest absolute Gasteiger partial charge is 0.466 e. The van der Waals surface area contributed by atoms with Crippen LogP contribution >= 0.6 is 0 Å². The van der Waals surface area contributed by atoms with Crippen molar-refractivity contribution in [1.29, 1.82) is 0 Å². The number of nitrogens with zero attached hydrogens (tertiary/aromatic N) is 2. The van der Waals surface area contributed by atoms with Crippen molar-refractivity contribution in [2.45, 2.75) is 38.6 Å². The summed E-state index contributed by atoms with van der Waals surface area (Å²) in [7, 11) is 0. The molecule has 1 aromatic carbocycles. The number of likely N-dealkylation sites (tertiary alicyclic amines) is 2. The van der Waals surface area contributed by atoms with E-state index in [2.05, 4.69) is 4.90 Å². The molecule has 0 radical (unpaired) electrons. The maximum atomic E-state index is 13.2. The normalized spacial score (nSPS) is 21.8. The number of hydrogen-bond donors (Lipinski definition) is 0. The number of carbonyl (C=O) groups excluding carboxylic acids is 2. The van der Waals surface area contributed by atoms with Crippen molar-refractivity contribution in [1.82, 2.24) is 9.80 Å². The van der Waals surface area contributed by atoms with Crippen LogP contribution in [0.2, 0.25) is 0 Å². The highest BCUT2D eigenvalue weighted by Crippen LogP contribution is 2.32. The Morgan fingerprint density at radius 3 is 2.46 bits per heavy atom. The van der Waals surface area contributed by atoms with E-state index >= 15 is 0 Å². The Morgan fingerprint density at radius 2 is 1.81 bits per heavy atom. The van der Waals surface area contributed by atoms with Crippen molar-refractivity contribution < 1.29 is 18.7 Å². The third kappa shape index (κ3) is 4.41. The lowest BCUT2D eigenvalue weighted by atomic mass is 9.97. The van der Waals surface area contributed by atoms with Crippen LogP contribution in [-0.4, -0.2) is 54.5 Å². The maximum absolute atomic E-state index is 13.2. The molecule has 2 fully saturated rings. The van der Waals surface area contributed by atoms with E-state index in [1.54, 1.807) is 0 Å². The molecule has 0 N–H and O–H groups in total. The van der Waals surface area contributed by atoms with Gasteiger partial charge in [-0.05, 0) is 56.8 Å².